The van der Waals surface area contributed by atoms with Crippen molar-refractivity contribution in [1.29, 1.82) is 0 Å². The molecular formula is C31H38F5N3O. The molecule has 0 aromatic heterocycles. The van der Waals surface area contributed by atoms with Crippen molar-refractivity contribution in [2.24, 2.45) is 5.41 Å². The number of hydrogen-bond acceptors (Lipinski definition) is 3. The summed E-state index contributed by atoms with van der Waals surface area (Å²) in [5, 5.41) is 3.50. The van der Waals surface area contributed by atoms with E-state index in [-0.39, 0.29) is 17.6 Å². The predicted octanol–water partition coefficient (Wildman–Crippen LogP) is 6.50. The summed E-state index contributed by atoms with van der Waals surface area (Å²) in [7, 11) is 0. The molecule has 2 unspecified atom stereocenters. The van der Waals surface area contributed by atoms with E-state index in [2.05, 4.69) is 10.2 Å². The number of hydrogen-bond donors (Lipinski definition) is 1. The van der Waals surface area contributed by atoms with E-state index in [1.807, 2.05) is 30.3 Å². The van der Waals surface area contributed by atoms with E-state index in [4.69, 9.17) is 0 Å². The second-order valence-electron chi connectivity index (χ2n) is 11.8. The first kappa shape index (κ1) is 29.0. The Morgan fingerprint density at radius 2 is 1.68 bits per heavy atom. The maximum absolute atomic E-state index is 14.6. The monoisotopic (exact) mass is 563 g/mol. The molecule has 2 atom stereocenters. The molecule has 0 aliphatic carbocycles. The normalized spacial score (nSPS) is 24.0. The van der Waals surface area contributed by atoms with E-state index < -0.39 is 35.6 Å². The molecule has 4 nitrogen and oxygen atoms in total. The van der Waals surface area contributed by atoms with Crippen LogP contribution in [-0.2, 0) is 18.5 Å². The van der Waals surface area contributed by atoms with Crippen molar-refractivity contribution in [3.63, 3.8) is 0 Å². The van der Waals surface area contributed by atoms with Crippen LogP contribution in [0.25, 0.3) is 0 Å². The zero-order valence-corrected chi connectivity index (χ0v) is 23.0. The number of piperidine rings is 2. The quantitative estimate of drug-likeness (QED) is 0.408. The molecule has 3 heterocycles. The Labute approximate surface area is 232 Å². The van der Waals surface area contributed by atoms with E-state index in [0.29, 0.717) is 37.3 Å². The molecule has 218 valence electrons. The number of benzene rings is 2. The molecule has 40 heavy (non-hydrogen) atoms. The van der Waals surface area contributed by atoms with E-state index in [1.165, 1.54) is 13.3 Å². The highest BCUT2D eigenvalue weighted by Gasteiger charge is 2.42. The zero-order valence-electron chi connectivity index (χ0n) is 23.0. The van der Waals surface area contributed by atoms with Gasteiger partial charge < -0.3 is 15.1 Å². The summed E-state index contributed by atoms with van der Waals surface area (Å²) in [6.07, 6.45) is -0.0462. The highest BCUT2D eigenvalue weighted by molar-refractivity contribution is 5.95. The predicted molar refractivity (Wildman–Crippen MR) is 144 cm³/mol. The number of nitrogens with zero attached hydrogens (tertiary/aromatic N) is 2. The lowest BCUT2D eigenvalue weighted by atomic mass is 9.77. The fraction of sp³-hybridized carbons (Fsp3) is 0.581. The molecule has 3 fully saturated rings. The lowest BCUT2D eigenvalue weighted by Gasteiger charge is -2.47. The minimum absolute atomic E-state index is 0.248. The number of halogens is 5. The summed E-state index contributed by atoms with van der Waals surface area (Å²) in [5.41, 5.74) is -0.907. The van der Waals surface area contributed by atoms with Crippen molar-refractivity contribution in [3.05, 3.63) is 70.8 Å². The number of carbonyl (C=O) groups excluding carboxylic acids is 1. The van der Waals surface area contributed by atoms with Gasteiger partial charge >= 0.3 is 6.18 Å². The lowest BCUT2D eigenvalue weighted by Crippen LogP contribution is -2.55. The molecule has 2 aromatic carbocycles. The number of alkyl halides is 5. The Morgan fingerprint density at radius 1 is 0.975 bits per heavy atom. The van der Waals surface area contributed by atoms with Crippen molar-refractivity contribution < 1.29 is 26.7 Å². The minimum atomic E-state index is -4.84. The third-order valence-electron chi connectivity index (χ3n) is 9.34. The van der Waals surface area contributed by atoms with Gasteiger partial charge in [0.15, 0.2) is 0 Å². The van der Waals surface area contributed by atoms with Crippen LogP contribution in [-0.4, -0.2) is 60.5 Å². The van der Waals surface area contributed by atoms with Gasteiger partial charge in [0.1, 0.15) is 0 Å². The summed E-state index contributed by atoms with van der Waals surface area (Å²) >= 11 is 0. The van der Waals surface area contributed by atoms with E-state index in [9.17, 15) is 26.7 Å². The number of likely N-dealkylation sites (tertiary alicyclic amines) is 2. The van der Waals surface area contributed by atoms with Gasteiger partial charge in [-0.25, -0.2) is 8.78 Å². The van der Waals surface area contributed by atoms with Gasteiger partial charge in [-0.2, -0.15) is 13.2 Å². The van der Waals surface area contributed by atoms with Crippen molar-refractivity contribution in [3.8, 4) is 0 Å². The van der Waals surface area contributed by atoms with Crippen molar-refractivity contribution >= 4 is 5.91 Å². The number of carbonyl (C=O) groups is 1. The maximum Gasteiger partial charge on any atom is 0.416 e. The zero-order chi connectivity index (χ0) is 28.5. The van der Waals surface area contributed by atoms with Gasteiger partial charge in [0.05, 0.1) is 5.56 Å². The van der Waals surface area contributed by atoms with Crippen LogP contribution in [0.5, 0.6) is 0 Å². The van der Waals surface area contributed by atoms with Crippen LogP contribution in [0.15, 0.2) is 48.5 Å². The standard InChI is InChI=1S/C31H38F5N3O/c1-2-30(32,33)24-17-23(18-25(19-24)31(34,35)36)28(40)39-13-8-26(20-27(39)16-22-6-4-3-5-7-22)38-14-10-29(11-15-38)9-12-37-21-29/h3-7,17-19,26-27,37H,2,8-16,20-21H2,1H3. The van der Waals surface area contributed by atoms with Gasteiger partial charge in [-0.15, -0.1) is 0 Å². The van der Waals surface area contributed by atoms with E-state index in [0.717, 1.165) is 56.7 Å². The summed E-state index contributed by atoms with van der Waals surface area (Å²) in [5.74, 6) is -4.08. The van der Waals surface area contributed by atoms with Crippen LogP contribution >= 0.6 is 0 Å². The second-order valence-corrected chi connectivity index (χ2v) is 11.8. The molecular weight excluding hydrogens is 525 g/mol. The largest absolute Gasteiger partial charge is 0.416 e. The topological polar surface area (TPSA) is 35.6 Å². The molecule has 1 N–H and O–H groups in total. The van der Waals surface area contributed by atoms with Gasteiger partial charge in [0, 0.05) is 42.7 Å². The third-order valence-corrected chi connectivity index (χ3v) is 9.34. The fourth-order valence-corrected chi connectivity index (χ4v) is 6.79. The van der Waals surface area contributed by atoms with Gasteiger partial charge in [-0.3, -0.25) is 4.79 Å². The smallest absolute Gasteiger partial charge is 0.335 e. The Kier molecular flexibility index (Phi) is 8.26. The summed E-state index contributed by atoms with van der Waals surface area (Å²) < 4.78 is 70.2. The minimum Gasteiger partial charge on any atom is -0.335 e. The first-order chi connectivity index (χ1) is 19.0. The van der Waals surface area contributed by atoms with Crippen LogP contribution in [0, 0.1) is 5.41 Å². The molecule has 2 aromatic rings. The van der Waals surface area contributed by atoms with Gasteiger partial charge in [-0.1, -0.05) is 37.3 Å². The fourth-order valence-electron chi connectivity index (χ4n) is 6.79. The maximum atomic E-state index is 14.6. The van der Waals surface area contributed by atoms with Gasteiger partial charge in [-0.05, 0) is 87.3 Å². The molecule has 1 spiro atoms. The number of nitrogens with one attached hydrogen (secondary N) is 1. The average molecular weight is 564 g/mol. The van der Waals surface area contributed by atoms with Crippen molar-refractivity contribution in [1.82, 2.24) is 15.1 Å². The SMILES string of the molecule is CCC(F)(F)c1cc(C(=O)N2CCC(N3CCC4(CCNC4)CC3)CC2Cc2ccccc2)cc(C(F)(F)F)c1. The van der Waals surface area contributed by atoms with E-state index in [1.54, 1.807) is 4.90 Å². The Morgan fingerprint density at radius 3 is 2.30 bits per heavy atom. The van der Waals surface area contributed by atoms with Crippen molar-refractivity contribution in [2.45, 2.75) is 76.1 Å². The molecule has 0 saturated carbocycles. The van der Waals surface area contributed by atoms with Gasteiger partial charge in [0.25, 0.3) is 11.8 Å². The van der Waals surface area contributed by atoms with Crippen LogP contribution in [0.3, 0.4) is 0 Å². The molecule has 3 aliphatic rings. The van der Waals surface area contributed by atoms with Crippen LogP contribution in [0.1, 0.15) is 72.5 Å². The molecule has 3 saturated heterocycles. The average Bonchev–Trinajstić information content (AvgIpc) is 3.40. The molecule has 0 radical (unpaired) electrons. The Bertz CT molecular complexity index is 1170. The molecule has 3 aliphatic heterocycles. The molecule has 1 amide bonds. The van der Waals surface area contributed by atoms with Crippen LogP contribution in [0.2, 0.25) is 0 Å². The van der Waals surface area contributed by atoms with E-state index >= 15 is 0 Å². The van der Waals surface area contributed by atoms with Crippen LogP contribution in [0.4, 0.5) is 22.0 Å². The summed E-state index contributed by atoms with van der Waals surface area (Å²) in [6, 6.07) is 11.9. The van der Waals surface area contributed by atoms with Crippen molar-refractivity contribution in [2.75, 3.05) is 32.7 Å². The van der Waals surface area contributed by atoms with Gasteiger partial charge in [0.2, 0.25) is 0 Å². The third kappa shape index (κ3) is 6.20. The van der Waals surface area contributed by atoms with Crippen LogP contribution < -0.4 is 5.32 Å². The Balaban J connectivity index is 1.40. The number of amides is 1. The molecule has 5 rings (SSSR count). The summed E-state index contributed by atoms with van der Waals surface area (Å²) in [4.78, 5) is 17.9. The first-order valence-corrected chi connectivity index (χ1v) is 14.4. The molecule has 0 bridgehead atoms. The second kappa shape index (κ2) is 11.4. The Hall–Kier alpha value is -2.52. The highest BCUT2D eigenvalue weighted by atomic mass is 19.4. The first-order valence-electron chi connectivity index (χ1n) is 14.4. The molecule has 9 heteroatoms. The number of rotatable bonds is 6. The lowest BCUT2D eigenvalue weighted by molar-refractivity contribution is -0.137. The highest BCUT2D eigenvalue weighted by Crippen LogP contribution is 2.40. The summed E-state index contributed by atoms with van der Waals surface area (Å²) in [6.45, 7) is 5.73.